The molecular weight excluding hydrogens is 264 g/mol. The van der Waals surface area contributed by atoms with Crippen molar-refractivity contribution in [1.82, 2.24) is 5.32 Å². The second-order valence-corrected chi connectivity index (χ2v) is 6.58. The molecule has 0 spiro atoms. The van der Waals surface area contributed by atoms with Crippen molar-refractivity contribution < 1.29 is 13.2 Å². The van der Waals surface area contributed by atoms with Crippen molar-refractivity contribution in [3.63, 3.8) is 0 Å². The number of carbonyl (C=O) groups excluding carboxylic acids is 1. The van der Waals surface area contributed by atoms with Gasteiger partial charge in [0.2, 0.25) is 10.0 Å². The Hall–Kier alpha value is -1.40. The molecule has 1 unspecified atom stereocenters. The SMILES string of the molecule is CC(C)CC(C)NC(=O)c1ccccc1S(N)(=O)=O. The van der Waals surface area contributed by atoms with E-state index in [1.165, 1.54) is 18.2 Å². The molecule has 0 saturated heterocycles. The molecule has 0 saturated carbocycles. The molecule has 1 amide bonds. The molecule has 1 rings (SSSR count). The van der Waals surface area contributed by atoms with E-state index in [1.807, 2.05) is 6.92 Å². The second-order valence-electron chi connectivity index (χ2n) is 5.05. The lowest BCUT2D eigenvalue weighted by Crippen LogP contribution is -2.34. The van der Waals surface area contributed by atoms with Gasteiger partial charge in [-0.15, -0.1) is 0 Å². The predicted octanol–water partition coefficient (Wildman–Crippen LogP) is 1.50. The molecule has 0 bridgehead atoms. The number of nitrogens with one attached hydrogen (secondary N) is 1. The van der Waals surface area contributed by atoms with Crippen molar-refractivity contribution in [2.45, 2.75) is 38.1 Å². The van der Waals surface area contributed by atoms with Crippen LogP contribution in [0.5, 0.6) is 0 Å². The Morgan fingerprint density at radius 3 is 2.37 bits per heavy atom. The van der Waals surface area contributed by atoms with Crippen LogP contribution in [0.25, 0.3) is 0 Å². The zero-order valence-electron chi connectivity index (χ0n) is 11.4. The van der Waals surface area contributed by atoms with Gasteiger partial charge in [-0.2, -0.15) is 0 Å². The van der Waals surface area contributed by atoms with Crippen LogP contribution >= 0.6 is 0 Å². The van der Waals surface area contributed by atoms with Crippen LogP contribution in [-0.4, -0.2) is 20.4 Å². The van der Waals surface area contributed by atoms with Gasteiger partial charge >= 0.3 is 0 Å². The number of primary sulfonamides is 1. The maximum Gasteiger partial charge on any atom is 0.252 e. The van der Waals surface area contributed by atoms with Crippen LogP contribution in [0.1, 0.15) is 37.6 Å². The maximum atomic E-state index is 12.1. The zero-order valence-corrected chi connectivity index (χ0v) is 12.2. The number of carbonyl (C=O) groups is 1. The average molecular weight is 284 g/mol. The summed E-state index contributed by atoms with van der Waals surface area (Å²) in [6, 6.07) is 5.90. The fourth-order valence-corrected chi connectivity index (χ4v) is 2.71. The highest BCUT2D eigenvalue weighted by Crippen LogP contribution is 2.14. The Bertz CT molecular complexity index is 553. The quantitative estimate of drug-likeness (QED) is 0.858. The molecule has 3 N–H and O–H groups in total. The summed E-state index contributed by atoms with van der Waals surface area (Å²) >= 11 is 0. The van der Waals surface area contributed by atoms with Gasteiger partial charge in [-0.25, -0.2) is 13.6 Å². The molecule has 0 fully saturated rings. The van der Waals surface area contributed by atoms with E-state index < -0.39 is 15.9 Å². The fourth-order valence-electron chi connectivity index (χ4n) is 1.97. The Kier molecular flexibility index (Phi) is 5.08. The molecule has 0 aliphatic heterocycles. The summed E-state index contributed by atoms with van der Waals surface area (Å²) < 4.78 is 22.8. The minimum atomic E-state index is -3.90. The molecule has 0 aromatic heterocycles. The molecule has 1 aromatic rings. The van der Waals surface area contributed by atoms with Crippen LogP contribution in [0.15, 0.2) is 29.2 Å². The topological polar surface area (TPSA) is 89.3 Å². The van der Waals surface area contributed by atoms with Crippen molar-refractivity contribution >= 4 is 15.9 Å². The van der Waals surface area contributed by atoms with E-state index in [0.29, 0.717) is 5.92 Å². The van der Waals surface area contributed by atoms with E-state index in [9.17, 15) is 13.2 Å². The highest BCUT2D eigenvalue weighted by molar-refractivity contribution is 7.89. The normalized spacial score (nSPS) is 13.3. The Morgan fingerprint density at radius 1 is 1.26 bits per heavy atom. The first-order valence-corrected chi connectivity index (χ1v) is 7.69. The summed E-state index contributed by atoms with van der Waals surface area (Å²) in [5.41, 5.74) is 0.0839. The van der Waals surface area contributed by atoms with Gasteiger partial charge in [-0.05, 0) is 31.4 Å². The van der Waals surface area contributed by atoms with Gasteiger partial charge in [0, 0.05) is 6.04 Å². The molecule has 0 heterocycles. The van der Waals surface area contributed by atoms with Gasteiger partial charge in [-0.1, -0.05) is 26.0 Å². The maximum absolute atomic E-state index is 12.1. The van der Waals surface area contributed by atoms with Gasteiger partial charge in [0.05, 0.1) is 10.5 Å². The number of benzene rings is 1. The third-order valence-corrected chi connectivity index (χ3v) is 3.61. The summed E-state index contributed by atoms with van der Waals surface area (Å²) in [7, 11) is -3.90. The van der Waals surface area contributed by atoms with Crippen LogP contribution in [0.2, 0.25) is 0 Å². The number of nitrogens with two attached hydrogens (primary N) is 1. The summed E-state index contributed by atoms with van der Waals surface area (Å²) in [5, 5.41) is 7.88. The highest BCUT2D eigenvalue weighted by atomic mass is 32.2. The van der Waals surface area contributed by atoms with Crippen molar-refractivity contribution in [3.8, 4) is 0 Å². The molecule has 1 atom stereocenters. The molecule has 0 aliphatic carbocycles. The van der Waals surface area contributed by atoms with E-state index in [2.05, 4.69) is 19.2 Å². The van der Waals surface area contributed by atoms with Crippen LogP contribution in [-0.2, 0) is 10.0 Å². The van der Waals surface area contributed by atoms with E-state index in [1.54, 1.807) is 6.07 Å². The molecular formula is C13H20N2O3S. The largest absolute Gasteiger partial charge is 0.350 e. The fraction of sp³-hybridized carbons (Fsp3) is 0.462. The van der Waals surface area contributed by atoms with Gasteiger partial charge in [0.1, 0.15) is 0 Å². The van der Waals surface area contributed by atoms with Crippen molar-refractivity contribution in [3.05, 3.63) is 29.8 Å². The van der Waals surface area contributed by atoms with Crippen molar-refractivity contribution in [1.29, 1.82) is 0 Å². The third-order valence-electron chi connectivity index (χ3n) is 2.64. The van der Waals surface area contributed by atoms with Gasteiger partial charge < -0.3 is 5.32 Å². The summed E-state index contributed by atoms with van der Waals surface area (Å²) in [4.78, 5) is 11.9. The summed E-state index contributed by atoms with van der Waals surface area (Å²) in [5.74, 6) is 0.0292. The van der Waals surface area contributed by atoms with E-state index in [0.717, 1.165) is 6.42 Å². The number of hydrogen-bond donors (Lipinski definition) is 2. The number of rotatable bonds is 5. The molecule has 0 aliphatic rings. The van der Waals surface area contributed by atoms with Crippen molar-refractivity contribution in [2.24, 2.45) is 11.1 Å². The lowest BCUT2D eigenvalue weighted by molar-refractivity contribution is 0.0932. The Labute approximate surface area is 114 Å². The first-order chi connectivity index (χ1) is 8.71. The summed E-state index contributed by atoms with van der Waals surface area (Å²) in [6.45, 7) is 6.00. The number of sulfonamides is 1. The van der Waals surface area contributed by atoms with Gasteiger partial charge in [0.15, 0.2) is 0 Å². The number of hydrogen-bond acceptors (Lipinski definition) is 3. The molecule has 1 aromatic carbocycles. The minimum Gasteiger partial charge on any atom is -0.350 e. The van der Waals surface area contributed by atoms with E-state index >= 15 is 0 Å². The number of amides is 1. The Balaban J connectivity index is 2.95. The van der Waals surface area contributed by atoms with Crippen LogP contribution < -0.4 is 10.5 Å². The van der Waals surface area contributed by atoms with E-state index in [4.69, 9.17) is 5.14 Å². The van der Waals surface area contributed by atoms with Gasteiger partial charge in [-0.3, -0.25) is 4.79 Å². The molecule has 106 valence electrons. The van der Waals surface area contributed by atoms with Crippen molar-refractivity contribution in [2.75, 3.05) is 0 Å². The Morgan fingerprint density at radius 2 is 1.84 bits per heavy atom. The van der Waals surface area contributed by atoms with E-state index in [-0.39, 0.29) is 16.5 Å². The molecule has 0 radical (unpaired) electrons. The monoisotopic (exact) mass is 284 g/mol. The second kappa shape index (κ2) is 6.16. The minimum absolute atomic E-state index is 0.0268. The smallest absolute Gasteiger partial charge is 0.252 e. The summed E-state index contributed by atoms with van der Waals surface area (Å²) in [6.07, 6.45) is 0.823. The molecule has 19 heavy (non-hydrogen) atoms. The van der Waals surface area contributed by atoms with Crippen LogP contribution in [0.3, 0.4) is 0 Å². The highest BCUT2D eigenvalue weighted by Gasteiger charge is 2.19. The average Bonchev–Trinajstić information content (AvgIpc) is 2.26. The zero-order chi connectivity index (χ0) is 14.6. The standard InChI is InChI=1S/C13H20N2O3S/c1-9(2)8-10(3)15-13(16)11-6-4-5-7-12(11)19(14,17)18/h4-7,9-10H,8H2,1-3H3,(H,15,16)(H2,14,17,18). The van der Waals surface area contributed by atoms with Gasteiger partial charge in [0.25, 0.3) is 5.91 Å². The first kappa shape index (κ1) is 15.7. The predicted molar refractivity (Wildman–Crippen MR) is 74.2 cm³/mol. The van der Waals surface area contributed by atoms with Crippen LogP contribution in [0.4, 0.5) is 0 Å². The lowest BCUT2D eigenvalue weighted by Gasteiger charge is -2.16. The third kappa shape index (κ3) is 4.65. The first-order valence-electron chi connectivity index (χ1n) is 6.14. The lowest BCUT2D eigenvalue weighted by atomic mass is 10.0. The molecule has 6 heteroatoms. The molecule has 5 nitrogen and oxygen atoms in total. The van der Waals surface area contributed by atoms with Crippen LogP contribution in [0, 0.1) is 5.92 Å².